The predicted octanol–water partition coefficient (Wildman–Crippen LogP) is 2.65. The van der Waals surface area contributed by atoms with E-state index in [-0.39, 0.29) is 24.9 Å². The zero-order valence-corrected chi connectivity index (χ0v) is 13.9. The van der Waals surface area contributed by atoms with Crippen LogP contribution in [0.2, 0.25) is 0 Å². The second kappa shape index (κ2) is 9.82. The third-order valence-electron chi connectivity index (χ3n) is 3.21. The number of carbonyl (C=O) groups is 2. The van der Waals surface area contributed by atoms with Crippen LogP contribution in [0.4, 0.5) is 9.18 Å². The van der Waals surface area contributed by atoms with Gasteiger partial charge in [-0.2, -0.15) is 0 Å². The Kier molecular flexibility index (Phi) is 8.08. The Morgan fingerprint density at radius 2 is 1.96 bits per heavy atom. The Morgan fingerprint density at radius 3 is 2.57 bits per heavy atom. The largest absolute Gasteiger partial charge is 0.450 e. The number of amides is 2. The predicted molar refractivity (Wildman–Crippen MR) is 86.5 cm³/mol. The lowest BCUT2D eigenvalue weighted by Gasteiger charge is -2.20. The monoisotopic (exact) mass is 324 g/mol. The van der Waals surface area contributed by atoms with Crippen LogP contribution in [0.15, 0.2) is 24.3 Å². The molecule has 1 atom stereocenters. The van der Waals surface area contributed by atoms with Gasteiger partial charge in [0.15, 0.2) is 0 Å². The minimum Gasteiger partial charge on any atom is -0.450 e. The summed E-state index contributed by atoms with van der Waals surface area (Å²) >= 11 is 0. The molecule has 0 aromatic heterocycles. The molecule has 128 valence electrons. The van der Waals surface area contributed by atoms with Gasteiger partial charge in [-0.25, -0.2) is 9.18 Å². The fourth-order valence-corrected chi connectivity index (χ4v) is 2.22. The van der Waals surface area contributed by atoms with Gasteiger partial charge in [0, 0.05) is 12.6 Å². The van der Waals surface area contributed by atoms with Gasteiger partial charge < -0.3 is 15.4 Å². The molecule has 0 bridgehead atoms. The van der Waals surface area contributed by atoms with E-state index in [0.29, 0.717) is 24.5 Å². The third kappa shape index (κ3) is 7.63. The Hall–Kier alpha value is -2.11. The molecular weight excluding hydrogens is 299 g/mol. The van der Waals surface area contributed by atoms with Crippen molar-refractivity contribution in [3.8, 4) is 0 Å². The van der Waals surface area contributed by atoms with E-state index in [9.17, 15) is 14.0 Å². The molecule has 1 rings (SSSR count). The number of rotatable bonds is 8. The van der Waals surface area contributed by atoms with Crippen LogP contribution < -0.4 is 10.6 Å². The lowest BCUT2D eigenvalue weighted by atomic mass is 10.0. The van der Waals surface area contributed by atoms with Gasteiger partial charge in [-0.1, -0.05) is 32.0 Å². The van der Waals surface area contributed by atoms with E-state index in [4.69, 9.17) is 4.74 Å². The van der Waals surface area contributed by atoms with Crippen molar-refractivity contribution in [2.45, 2.75) is 39.7 Å². The Labute approximate surface area is 136 Å². The van der Waals surface area contributed by atoms with Gasteiger partial charge in [0.05, 0.1) is 13.0 Å². The molecule has 0 unspecified atom stereocenters. The van der Waals surface area contributed by atoms with Crippen LogP contribution >= 0.6 is 0 Å². The maximum Gasteiger partial charge on any atom is 0.407 e. The Morgan fingerprint density at radius 1 is 1.26 bits per heavy atom. The maximum absolute atomic E-state index is 13.5. The number of carbonyl (C=O) groups excluding carboxylic acids is 2. The normalized spacial score (nSPS) is 11.9. The molecule has 0 radical (unpaired) electrons. The van der Waals surface area contributed by atoms with Gasteiger partial charge in [-0.05, 0) is 30.9 Å². The highest BCUT2D eigenvalue weighted by molar-refractivity contribution is 5.78. The van der Waals surface area contributed by atoms with Crippen LogP contribution in [0.5, 0.6) is 0 Å². The molecule has 2 N–H and O–H groups in total. The van der Waals surface area contributed by atoms with Crippen molar-refractivity contribution in [3.05, 3.63) is 35.6 Å². The third-order valence-corrected chi connectivity index (χ3v) is 3.21. The summed E-state index contributed by atoms with van der Waals surface area (Å²) in [6.07, 6.45) is 0.181. The molecular formula is C17H25FN2O3. The van der Waals surface area contributed by atoms with Gasteiger partial charge in [-0.15, -0.1) is 0 Å². The number of halogens is 1. The molecule has 2 amide bonds. The summed E-state index contributed by atoms with van der Waals surface area (Å²) in [6, 6.07) is 5.96. The van der Waals surface area contributed by atoms with Gasteiger partial charge in [0.2, 0.25) is 5.91 Å². The molecule has 0 aliphatic carbocycles. The maximum atomic E-state index is 13.5. The molecule has 1 aromatic rings. The first-order valence-electron chi connectivity index (χ1n) is 7.85. The number of hydrogen-bond donors (Lipinski definition) is 2. The van der Waals surface area contributed by atoms with Gasteiger partial charge in [0.25, 0.3) is 0 Å². The van der Waals surface area contributed by atoms with Crippen LogP contribution in [0.25, 0.3) is 0 Å². The van der Waals surface area contributed by atoms with E-state index < -0.39 is 11.9 Å². The number of alkyl carbamates (subject to hydrolysis) is 1. The second-order valence-electron chi connectivity index (χ2n) is 5.76. The summed E-state index contributed by atoms with van der Waals surface area (Å²) in [4.78, 5) is 23.5. The topological polar surface area (TPSA) is 67.4 Å². The first-order valence-corrected chi connectivity index (χ1v) is 7.85. The van der Waals surface area contributed by atoms with Gasteiger partial charge >= 0.3 is 6.09 Å². The van der Waals surface area contributed by atoms with Crippen molar-refractivity contribution in [2.75, 3.05) is 13.2 Å². The van der Waals surface area contributed by atoms with Crippen molar-refractivity contribution >= 4 is 12.0 Å². The standard InChI is InChI=1S/C17H25FN2O3/c1-4-23-17(22)20-14(9-12(2)3)11-19-16(21)10-13-7-5-6-8-15(13)18/h5-8,12,14H,4,9-11H2,1-3H3,(H,19,21)(H,20,22)/t14-/m0/s1. The van der Waals surface area contributed by atoms with Crippen LogP contribution in [0.3, 0.4) is 0 Å². The molecule has 0 aliphatic rings. The molecule has 5 nitrogen and oxygen atoms in total. The molecule has 0 saturated carbocycles. The summed E-state index contributed by atoms with van der Waals surface area (Å²) in [7, 11) is 0. The van der Waals surface area contributed by atoms with Crippen molar-refractivity contribution in [1.29, 1.82) is 0 Å². The number of benzene rings is 1. The highest BCUT2D eigenvalue weighted by atomic mass is 19.1. The van der Waals surface area contributed by atoms with E-state index >= 15 is 0 Å². The summed E-state index contributed by atoms with van der Waals surface area (Å²) in [5.74, 6) is -0.328. The molecule has 0 spiro atoms. The number of ether oxygens (including phenoxy) is 1. The lowest BCUT2D eigenvalue weighted by Crippen LogP contribution is -2.45. The van der Waals surface area contributed by atoms with Gasteiger partial charge in [-0.3, -0.25) is 4.79 Å². The number of hydrogen-bond acceptors (Lipinski definition) is 3. The van der Waals surface area contributed by atoms with E-state index in [1.54, 1.807) is 25.1 Å². The second-order valence-corrected chi connectivity index (χ2v) is 5.76. The molecule has 6 heteroatoms. The zero-order valence-electron chi connectivity index (χ0n) is 13.9. The highest BCUT2D eigenvalue weighted by Gasteiger charge is 2.16. The van der Waals surface area contributed by atoms with Gasteiger partial charge in [0.1, 0.15) is 5.82 Å². The summed E-state index contributed by atoms with van der Waals surface area (Å²) in [5, 5.41) is 5.47. The fourth-order valence-electron chi connectivity index (χ4n) is 2.22. The molecule has 23 heavy (non-hydrogen) atoms. The average Bonchev–Trinajstić information content (AvgIpc) is 2.47. The van der Waals surface area contributed by atoms with E-state index in [1.807, 2.05) is 13.8 Å². The minimum atomic E-state index is -0.499. The highest BCUT2D eigenvalue weighted by Crippen LogP contribution is 2.07. The molecule has 0 fully saturated rings. The first-order chi connectivity index (χ1) is 10.9. The van der Waals surface area contributed by atoms with Crippen molar-refractivity contribution in [2.24, 2.45) is 5.92 Å². The molecule has 1 aromatic carbocycles. The van der Waals surface area contributed by atoms with Crippen LogP contribution in [-0.2, 0) is 16.0 Å². The summed E-state index contributed by atoms with van der Waals surface area (Å²) in [5.41, 5.74) is 0.351. The van der Waals surface area contributed by atoms with Crippen LogP contribution in [-0.4, -0.2) is 31.2 Å². The average molecular weight is 324 g/mol. The summed E-state index contributed by atoms with van der Waals surface area (Å²) < 4.78 is 18.4. The number of nitrogens with one attached hydrogen (secondary N) is 2. The van der Waals surface area contributed by atoms with E-state index in [2.05, 4.69) is 10.6 Å². The minimum absolute atomic E-state index is 0.0273. The quantitative estimate of drug-likeness (QED) is 0.772. The Balaban J connectivity index is 2.51. The van der Waals surface area contributed by atoms with Crippen molar-refractivity contribution < 1.29 is 18.7 Å². The van der Waals surface area contributed by atoms with Crippen molar-refractivity contribution in [1.82, 2.24) is 10.6 Å². The molecule has 0 aliphatic heterocycles. The first kappa shape index (κ1) is 18.9. The van der Waals surface area contributed by atoms with E-state index in [1.165, 1.54) is 6.07 Å². The molecule has 0 saturated heterocycles. The zero-order chi connectivity index (χ0) is 17.2. The van der Waals surface area contributed by atoms with E-state index in [0.717, 1.165) is 0 Å². The SMILES string of the molecule is CCOC(=O)N[C@H](CNC(=O)Cc1ccccc1F)CC(C)C. The van der Waals surface area contributed by atoms with Crippen LogP contribution in [0, 0.1) is 11.7 Å². The lowest BCUT2D eigenvalue weighted by molar-refractivity contribution is -0.120. The van der Waals surface area contributed by atoms with Crippen LogP contribution in [0.1, 0.15) is 32.8 Å². The molecule has 0 heterocycles. The smallest absolute Gasteiger partial charge is 0.407 e. The summed E-state index contributed by atoms with van der Waals surface area (Å²) in [6.45, 7) is 6.36. The Bertz CT molecular complexity index is 520. The van der Waals surface area contributed by atoms with Crippen molar-refractivity contribution in [3.63, 3.8) is 0 Å². The fraction of sp³-hybridized carbons (Fsp3) is 0.529.